The van der Waals surface area contributed by atoms with Crippen LogP contribution < -0.4 is 0 Å². The van der Waals surface area contributed by atoms with Crippen LogP contribution in [0.4, 0.5) is 0 Å². The third-order valence-corrected chi connectivity index (χ3v) is 6.24. The number of hydrogen-bond acceptors (Lipinski definition) is 5. The molecule has 6 heteroatoms. The second-order valence-electron chi connectivity index (χ2n) is 3.87. The van der Waals surface area contributed by atoms with Crippen molar-refractivity contribution in [2.75, 3.05) is 6.26 Å². The van der Waals surface area contributed by atoms with Crippen LogP contribution in [-0.2, 0) is 14.3 Å². The van der Waals surface area contributed by atoms with Gasteiger partial charge in [-0.1, -0.05) is 17.7 Å². The van der Waals surface area contributed by atoms with Gasteiger partial charge in [-0.3, -0.25) is 4.18 Å². The minimum Gasteiger partial charge on any atom is -0.252 e. The largest absolute Gasteiger partial charge is 0.298 e. The molecule has 2 atom stereocenters. The molecule has 0 aliphatic rings. The zero-order valence-corrected chi connectivity index (χ0v) is 13.4. The van der Waals surface area contributed by atoms with Gasteiger partial charge in [0.25, 0.3) is 10.1 Å². The first-order valence-electron chi connectivity index (χ1n) is 5.53. The third-order valence-electron chi connectivity index (χ3n) is 2.29. The molecule has 102 valence electrons. The molecule has 0 N–H and O–H groups in total. The van der Waals surface area contributed by atoms with Crippen LogP contribution in [0.25, 0.3) is 0 Å². The van der Waals surface area contributed by atoms with Gasteiger partial charge in [0.1, 0.15) is 5.44 Å². The summed E-state index contributed by atoms with van der Waals surface area (Å²) in [5.41, 5.74) is 0.631. The molecule has 0 spiro atoms. The van der Waals surface area contributed by atoms with Crippen LogP contribution >= 0.6 is 23.5 Å². The highest BCUT2D eigenvalue weighted by atomic mass is 32.2. The molecule has 0 saturated heterocycles. The maximum absolute atomic E-state index is 12.0. The maximum Gasteiger partial charge on any atom is 0.298 e. The van der Waals surface area contributed by atoms with Crippen LogP contribution in [0, 0.1) is 6.92 Å². The fraction of sp³-hybridized carbons (Fsp3) is 0.500. The Morgan fingerprint density at radius 3 is 2.22 bits per heavy atom. The lowest BCUT2D eigenvalue weighted by Crippen LogP contribution is -2.14. The Morgan fingerprint density at radius 1 is 1.17 bits per heavy atom. The first-order valence-corrected chi connectivity index (χ1v) is 9.17. The van der Waals surface area contributed by atoms with Gasteiger partial charge in [-0.15, -0.1) is 11.8 Å². The van der Waals surface area contributed by atoms with Crippen molar-refractivity contribution in [1.29, 1.82) is 0 Å². The molecule has 0 radical (unpaired) electrons. The van der Waals surface area contributed by atoms with E-state index in [9.17, 15) is 8.42 Å². The summed E-state index contributed by atoms with van der Waals surface area (Å²) >= 11 is 3.15. The number of rotatable bonds is 6. The van der Waals surface area contributed by atoms with Crippen LogP contribution in [0.1, 0.15) is 19.4 Å². The number of hydrogen-bond donors (Lipinski definition) is 0. The molecule has 0 heterocycles. The number of aryl methyl sites for hydroxylation is 1. The van der Waals surface area contributed by atoms with E-state index < -0.39 is 15.6 Å². The van der Waals surface area contributed by atoms with Gasteiger partial charge in [0, 0.05) is 4.58 Å². The monoisotopic (exact) mass is 306 g/mol. The highest BCUT2D eigenvalue weighted by Crippen LogP contribution is 2.28. The molecule has 0 bridgehead atoms. The molecule has 1 rings (SSSR count). The summed E-state index contributed by atoms with van der Waals surface area (Å²) < 4.78 is 29.4. The molecule has 18 heavy (non-hydrogen) atoms. The van der Waals surface area contributed by atoms with Crippen LogP contribution in [0.3, 0.4) is 0 Å². The van der Waals surface area contributed by atoms with Gasteiger partial charge in [0.05, 0.1) is 4.90 Å². The number of benzene rings is 1. The summed E-state index contributed by atoms with van der Waals surface area (Å²) in [5, 5.41) is 0. The molecular weight excluding hydrogens is 288 g/mol. The second kappa shape index (κ2) is 6.84. The topological polar surface area (TPSA) is 43.4 Å². The second-order valence-corrected chi connectivity index (χ2v) is 8.56. The lowest BCUT2D eigenvalue weighted by molar-refractivity contribution is 0.309. The number of thioether (sulfide) groups is 2. The van der Waals surface area contributed by atoms with Crippen molar-refractivity contribution < 1.29 is 12.6 Å². The van der Waals surface area contributed by atoms with Crippen LogP contribution in [0.5, 0.6) is 0 Å². The fourth-order valence-corrected chi connectivity index (χ4v) is 4.17. The first-order chi connectivity index (χ1) is 8.35. The normalized spacial score (nSPS) is 15.3. The average Bonchev–Trinajstić information content (AvgIpc) is 2.28. The molecule has 1 aromatic rings. The molecule has 0 amide bonds. The Morgan fingerprint density at radius 2 is 1.72 bits per heavy atom. The van der Waals surface area contributed by atoms with E-state index in [-0.39, 0.29) is 4.90 Å². The lowest BCUT2D eigenvalue weighted by atomic mass is 10.2. The molecule has 0 saturated carbocycles. The molecule has 1 aromatic carbocycles. The van der Waals surface area contributed by atoms with Gasteiger partial charge in [0.15, 0.2) is 0 Å². The summed E-state index contributed by atoms with van der Waals surface area (Å²) in [6.07, 6.45) is 1.98. The van der Waals surface area contributed by atoms with E-state index >= 15 is 0 Å². The van der Waals surface area contributed by atoms with Crippen molar-refractivity contribution in [3.8, 4) is 0 Å². The standard InChI is InChI=1S/C12H18O3S3/c1-9-5-7-12(8-6-9)18(13,14)15-10(2)17-11(3)16-4/h5-8,10-11H,1-4H3. The van der Waals surface area contributed by atoms with E-state index in [2.05, 4.69) is 0 Å². The van der Waals surface area contributed by atoms with Crippen molar-refractivity contribution in [2.45, 2.75) is 35.7 Å². The van der Waals surface area contributed by atoms with Crippen molar-refractivity contribution >= 4 is 33.6 Å². The van der Waals surface area contributed by atoms with E-state index in [1.54, 1.807) is 43.0 Å². The highest BCUT2D eigenvalue weighted by molar-refractivity contribution is 8.17. The van der Waals surface area contributed by atoms with Crippen LogP contribution in [-0.4, -0.2) is 24.7 Å². The highest BCUT2D eigenvalue weighted by Gasteiger charge is 2.20. The van der Waals surface area contributed by atoms with Crippen molar-refractivity contribution in [3.05, 3.63) is 29.8 Å². The Balaban J connectivity index is 2.73. The van der Waals surface area contributed by atoms with E-state index in [0.29, 0.717) is 4.58 Å². The summed E-state index contributed by atoms with van der Waals surface area (Å²) in [5.74, 6) is 0. The minimum atomic E-state index is -3.66. The van der Waals surface area contributed by atoms with E-state index in [1.807, 2.05) is 20.1 Å². The Hall–Kier alpha value is -0.170. The summed E-state index contributed by atoms with van der Waals surface area (Å²) in [4.78, 5) is 0.206. The molecule has 0 aliphatic heterocycles. The summed E-state index contributed by atoms with van der Waals surface area (Å²) in [6.45, 7) is 5.69. The average molecular weight is 306 g/mol. The molecule has 3 nitrogen and oxygen atoms in total. The zero-order valence-electron chi connectivity index (χ0n) is 10.9. The van der Waals surface area contributed by atoms with Crippen LogP contribution in [0.15, 0.2) is 29.2 Å². The van der Waals surface area contributed by atoms with E-state index in [0.717, 1.165) is 5.56 Å². The molecule has 0 fully saturated rings. The van der Waals surface area contributed by atoms with Gasteiger partial charge < -0.3 is 0 Å². The van der Waals surface area contributed by atoms with Gasteiger partial charge in [-0.25, -0.2) is 0 Å². The van der Waals surface area contributed by atoms with Crippen molar-refractivity contribution in [3.63, 3.8) is 0 Å². The molecule has 0 aliphatic carbocycles. The quantitative estimate of drug-likeness (QED) is 0.594. The van der Waals surface area contributed by atoms with Gasteiger partial charge in [-0.2, -0.15) is 20.2 Å². The van der Waals surface area contributed by atoms with Crippen molar-refractivity contribution in [2.24, 2.45) is 0 Å². The smallest absolute Gasteiger partial charge is 0.252 e. The predicted molar refractivity (Wildman–Crippen MR) is 79.5 cm³/mol. The van der Waals surface area contributed by atoms with Crippen molar-refractivity contribution in [1.82, 2.24) is 0 Å². The Kier molecular flexibility index (Phi) is 6.04. The van der Waals surface area contributed by atoms with E-state index in [1.165, 1.54) is 11.8 Å². The molecule has 2 unspecified atom stereocenters. The Bertz CT molecular complexity index is 468. The third kappa shape index (κ3) is 4.84. The van der Waals surface area contributed by atoms with Crippen LogP contribution in [0.2, 0.25) is 0 Å². The summed E-state index contributed by atoms with van der Waals surface area (Å²) in [6, 6.07) is 6.66. The summed E-state index contributed by atoms with van der Waals surface area (Å²) in [7, 11) is -3.66. The SMILES string of the molecule is CSC(C)SC(C)OS(=O)(=O)c1ccc(C)cc1. The maximum atomic E-state index is 12.0. The fourth-order valence-electron chi connectivity index (χ4n) is 1.29. The van der Waals surface area contributed by atoms with Gasteiger partial charge in [0.2, 0.25) is 0 Å². The predicted octanol–water partition coefficient (Wildman–Crippen LogP) is 3.49. The van der Waals surface area contributed by atoms with Gasteiger partial charge >= 0.3 is 0 Å². The lowest BCUT2D eigenvalue weighted by Gasteiger charge is -2.15. The van der Waals surface area contributed by atoms with E-state index in [4.69, 9.17) is 4.18 Å². The zero-order chi connectivity index (χ0) is 13.8. The molecular formula is C12H18O3S3. The minimum absolute atomic E-state index is 0.206. The van der Waals surface area contributed by atoms with Gasteiger partial charge in [-0.05, 0) is 39.2 Å². The Labute approximate surface area is 118 Å². The first kappa shape index (κ1) is 15.9. The molecule has 0 aromatic heterocycles.